The number of ether oxygens (including phenoxy) is 4. The summed E-state index contributed by atoms with van der Waals surface area (Å²) < 4.78 is 21.6. The largest absolute Gasteiger partial charge is 0.394 e. The fourth-order valence-corrected chi connectivity index (χ4v) is 3.49. The summed E-state index contributed by atoms with van der Waals surface area (Å²) in [6.07, 6.45) is -12.8. The molecule has 2 saturated heterocycles. The van der Waals surface area contributed by atoms with Crippen molar-refractivity contribution >= 4 is 15.9 Å². The molecule has 12 heteroatoms. The quantitative estimate of drug-likeness (QED) is 0.131. The van der Waals surface area contributed by atoms with E-state index >= 15 is 0 Å². The molecular weight excluding hydrogens is 448 g/mol. The number of alkyl halides is 1. The second kappa shape index (κ2) is 11.4. The van der Waals surface area contributed by atoms with Gasteiger partial charge >= 0.3 is 0 Å². The Morgan fingerprint density at radius 1 is 0.714 bits per heavy atom. The third-order valence-corrected chi connectivity index (χ3v) is 5.33. The van der Waals surface area contributed by atoms with Crippen molar-refractivity contribution in [3.05, 3.63) is 0 Å². The van der Waals surface area contributed by atoms with Crippen molar-refractivity contribution in [3.63, 3.8) is 0 Å². The molecule has 2 aliphatic rings. The van der Waals surface area contributed by atoms with Crippen molar-refractivity contribution in [3.8, 4) is 0 Å². The minimum Gasteiger partial charge on any atom is -0.394 e. The van der Waals surface area contributed by atoms with Crippen molar-refractivity contribution in [2.45, 2.75) is 74.3 Å². The lowest BCUT2D eigenvalue weighted by Gasteiger charge is -2.45. The smallest absolute Gasteiger partial charge is 0.187 e. The lowest BCUT2D eigenvalue weighted by Crippen LogP contribution is -2.64. The van der Waals surface area contributed by atoms with Crippen LogP contribution in [0.15, 0.2) is 0 Å². The molecule has 0 saturated carbocycles. The first-order valence-corrected chi connectivity index (χ1v) is 10.2. The number of rotatable bonds is 9. The summed E-state index contributed by atoms with van der Waals surface area (Å²) in [6, 6.07) is 0. The monoisotopic (exact) mass is 476 g/mol. The van der Waals surface area contributed by atoms with Gasteiger partial charge in [0.2, 0.25) is 0 Å². The average Bonchev–Trinajstić information content (AvgIpc) is 2.70. The number of hydrogen-bond acceptors (Lipinski definition) is 11. The van der Waals surface area contributed by atoms with Crippen LogP contribution < -0.4 is 0 Å². The molecule has 28 heavy (non-hydrogen) atoms. The number of unbranched alkanes of at least 4 members (excludes halogenated alkanes) is 1. The van der Waals surface area contributed by atoms with Gasteiger partial charge in [-0.15, -0.1) is 0 Å². The molecule has 2 rings (SSSR count). The van der Waals surface area contributed by atoms with E-state index in [9.17, 15) is 35.7 Å². The van der Waals surface area contributed by atoms with E-state index in [0.717, 1.165) is 11.8 Å². The molecule has 2 aliphatic heterocycles. The maximum Gasteiger partial charge on any atom is 0.187 e. The Kier molecular flexibility index (Phi) is 9.93. The summed E-state index contributed by atoms with van der Waals surface area (Å²) in [4.78, 5) is 0. The van der Waals surface area contributed by atoms with Gasteiger partial charge in [0.15, 0.2) is 12.6 Å². The maximum absolute atomic E-state index is 10.4. The third-order valence-electron chi connectivity index (χ3n) is 4.77. The van der Waals surface area contributed by atoms with E-state index < -0.39 is 74.6 Å². The zero-order chi connectivity index (χ0) is 20.8. The number of aliphatic hydroxyl groups excluding tert-OH is 7. The highest BCUT2D eigenvalue weighted by Gasteiger charge is 2.50. The van der Waals surface area contributed by atoms with Gasteiger partial charge in [-0.2, -0.15) is 0 Å². The van der Waals surface area contributed by atoms with Gasteiger partial charge in [0, 0.05) is 11.9 Å². The number of halogens is 1. The zero-order valence-electron chi connectivity index (χ0n) is 15.2. The molecule has 0 aliphatic carbocycles. The van der Waals surface area contributed by atoms with Gasteiger partial charge in [0.1, 0.15) is 48.8 Å². The molecule has 0 aromatic heterocycles. The van der Waals surface area contributed by atoms with Crippen LogP contribution in [0.1, 0.15) is 12.8 Å². The molecular formula is C16H29BrO11. The van der Waals surface area contributed by atoms with Crippen LogP contribution in [0.2, 0.25) is 0 Å². The molecule has 2 fully saturated rings. The van der Waals surface area contributed by atoms with Crippen LogP contribution in [-0.4, -0.2) is 122 Å². The van der Waals surface area contributed by atoms with Gasteiger partial charge in [0.05, 0.1) is 13.2 Å². The second-order valence-corrected chi connectivity index (χ2v) is 7.56. The first-order chi connectivity index (χ1) is 13.3. The SMILES string of the molecule is OC[C@H]1O[C@@H](O[C@H]2[C@H](O)[C@@H](O)[C@H](OCCCCBr)O[C@@H]2CO)[C@H](O)[C@@H](O)[C@H]1O. The van der Waals surface area contributed by atoms with Crippen molar-refractivity contribution in [1.82, 2.24) is 0 Å². The summed E-state index contributed by atoms with van der Waals surface area (Å²) in [5, 5.41) is 70.0. The van der Waals surface area contributed by atoms with Crippen molar-refractivity contribution < 1.29 is 54.7 Å². The Balaban J connectivity index is 2.02. The fraction of sp³-hybridized carbons (Fsp3) is 1.00. The normalized spacial score (nSPS) is 44.6. The lowest BCUT2D eigenvalue weighted by molar-refractivity contribution is -0.359. The molecule has 0 radical (unpaired) electrons. The van der Waals surface area contributed by atoms with Crippen LogP contribution in [0.4, 0.5) is 0 Å². The van der Waals surface area contributed by atoms with Crippen LogP contribution in [0, 0.1) is 0 Å². The maximum atomic E-state index is 10.4. The van der Waals surface area contributed by atoms with Crippen molar-refractivity contribution in [2.24, 2.45) is 0 Å². The summed E-state index contributed by atoms with van der Waals surface area (Å²) >= 11 is 3.29. The first-order valence-electron chi connectivity index (χ1n) is 9.11. The van der Waals surface area contributed by atoms with E-state index in [-0.39, 0.29) is 6.61 Å². The summed E-state index contributed by atoms with van der Waals surface area (Å²) in [6.45, 7) is -0.964. The molecule has 166 valence electrons. The Bertz CT molecular complexity index is 454. The van der Waals surface area contributed by atoms with Gasteiger partial charge in [-0.1, -0.05) is 15.9 Å². The van der Waals surface area contributed by atoms with Gasteiger partial charge in [-0.3, -0.25) is 0 Å². The Labute approximate surface area is 170 Å². The minimum atomic E-state index is -1.69. The Morgan fingerprint density at radius 2 is 1.32 bits per heavy atom. The minimum absolute atomic E-state index is 0.274. The summed E-state index contributed by atoms with van der Waals surface area (Å²) in [5.41, 5.74) is 0. The first kappa shape index (κ1) is 24.3. The molecule has 0 spiro atoms. The molecule has 0 aromatic rings. The topological polar surface area (TPSA) is 179 Å². The van der Waals surface area contributed by atoms with Gasteiger partial charge < -0.3 is 54.7 Å². The van der Waals surface area contributed by atoms with Gasteiger partial charge in [-0.25, -0.2) is 0 Å². The zero-order valence-corrected chi connectivity index (χ0v) is 16.7. The van der Waals surface area contributed by atoms with Gasteiger partial charge in [-0.05, 0) is 12.8 Å². The Morgan fingerprint density at radius 3 is 1.93 bits per heavy atom. The average molecular weight is 477 g/mol. The Hall–Kier alpha value is 0.0400. The molecule has 0 aromatic carbocycles. The van der Waals surface area contributed by atoms with E-state index in [1.54, 1.807) is 0 Å². The number of aliphatic hydroxyl groups is 7. The molecule has 11 nitrogen and oxygen atoms in total. The van der Waals surface area contributed by atoms with E-state index in [4.69, 9.17) is 18.9 Å². The molecule has 10 atom stereocenters. The third kappa shape index (κ3) is 5.59. The standard InChI is InChI=1S/C16H29BrO11/c17-3-1-2-4-25-15-13(24)11(22)14(8(6-19)27-15)28-16-12(23)10(21)9(20)7(5-18)26-16/h7-16,18-24H,1-6H2/t7-,8-,9+,10+,11-,12-,13-,14-,15-,16+/m1/s1. The molecule has 7 N–H and O–H groups in total. The van der Waals surface area contributed by atoms with E-state index in [0.29, 0.717) is 6.42 Å². The summed E-state index contributed by atoms with van der Waals surface area (Å²) in [7, 11) is 0. The van der Waals surface area contributed by atoms with E-state index in [1.807, 2.05) is 0 Å². The molecule has 0 amide bonds. The van der Waals surface area contributed by atoms with Crippen LogP contribution in [0.3, 0.4) is 0 Å². The van der Waals surface area contributed by atoms with Crippen LogP contribution in [-0.2, 0) is 18.9 Å². The van der Waals surface area contributed by atoms with E-state index in [2.05, 4.69) is 15.9 Å². The highest BCUT2D eigenvalue weighted by Crippen LogP contribution is 2.29. The highest BCUT2D eigenvalue weighted by atomic mass is 79.9. The molecule has 0 bridgehead atoms. The highest BCUT2D eigenvalue weighted by molar-refractivity contribution is 9.09. The fourth-order valence-electron chi connectivity index (χ4n) is 3.09. The van der Waals surface area contributed by atoms with Crippen LogP contribution >= 0.6 is 15.9 Å². The van der Waals surface area contributed by atoms with Crippen molar-refractivity contribution in [1.29, 1.82) is 0 Å². The predicted molar refractivity (Wildman–Crippen MR) is 95.4 cm³/mol. The lowest BCUT2D eigenvalue weighted by atomic mass is 9.97. The second-order valence-electron chi connectivity index (χ2n) is 6.77. The summed E-state index contributed by atoms with van der Waals surface area (Å²) in [5.74, 6) is 0. The number of hydrogen-bond donors (Lipinski definition) is 7. The predicted octanol–water partition coefficient (Wildman–Crippen LogP) is -3.20. The van der Waals surface area contributed by atoms with Crippen molar-refractivity contribution in [2.75, 3.05) is 25.2 Å². The van der Waals surface area contributed by atoms with E-state index in [1.165, 1.54) is 0 Å². The molecule has 0 unspecified atom stereocenters. The van der Waals surface area contributed by atoms with Crippen LogP contribution in [0.25, 0.3) is 0 Å². The molecule has 2 heterocycles. The van der Waals surface area contributed by atoms with Gasteiger partial charge in [0.25, 0.3) is 0 Å². The van der Waals surface area contributed by atoms with Crippen LogP contribution in [0.5, 0.6) is 0 Å².